The van der Waals surface area contributed by atoms with Gasteiger partial charge in [0.1, 0.15) is 5.82 Å². The molecule has 0 atom stereocenters. The van der Waals surface area contributed by atoms with Gasteiger partial charge < -0.3 is 15.5 Å². The molecule has 4 aromatic rings. The highest BCUT2D eigenvalue weighted by Gasteiger charge is 2.22. The molecule has 0 aliphatic heterocycles. The Morgan fingerprint density at radius 2 is 1.71 bits per heavy atom. The Hall–Kier alpha value is -2.96. The smallest absolute Gasteiger partial charge is 0.225 e. The van der Waals surface area contributed by atoms with Gasteiger partial charge in [-0.15, -0.1) is 11.3 Å². The molecule has 5 rings (SSSR count). The molecule has 1 aliphatic rings. The van der Waals surface area contributed by atoms with Gasteiger partial charge in [-0.1, -0.05) is 42.5 Å². The van der Waals surface area contributed by atoms with Crippen molar-refractivity contribution in [2.45, 2.75) is 38.3 Å². The van der Waals surface area contributed by atoms with Crippen LogP contribution in [0.2, 0.25) is 0 Å². The maximum absolute atomic E-state index is 4.81. The first-order valence-electron chi connectivity index (χ1n) is 12.2. The van der Waals surface area contributed by atoms with Crippen LogP contribution in [0.15, 0.2) is 66.0 Å². The van der Waals surface area contributed by atoms with Gasteiger partial charge in [0.05, 0.1) is 5.52 Å². The maximum atomic E-state index is 4.81. The topological polar surface area (TPSA) is 53.1 Å². The predicted octanol–water partition coefficient (Wildman–Crippen LogP) is 6.18. The lowest BCUT2D eigenvalue weighted by atomic mass is 9.86. The van der Waals surface area contributed by atoms with E-state index in [4.69, 9.17) is 9.97 Å². The van der Waals surface area contributed by atoms with Crippen molar-refractivity contribution in [3.63, 3.8) is 0 Å². The van der Waals surface area contributed by atoms with Gasteiger partial charge in [0.2, 0.25) is 5.95 Å². The second-order valence-corrected chi connectivity index (χ2v) is 10.4. The van der Waals surface area contributed by atoms with Gasteiger partial charge in [-0.05, 0) is 72.9 Å². The minimum Gasteiger partial charge on any atom is -0.362 e. The van der Waals surface area contributed by atoms with Crippen molar-refractivity contribution in [2.75, 3.05) is 30.9 Å². The van der Waals surface area contributed by atoms with Crippen LogP contribution in [-0.4, -0.2) is 36.6 Å². The van der Waals surface area contributed by atoms with Crippen LogP contribution in [0.4, 0.5) is 11.8 Å². The zero-order valence-electron chi connectivity index (χ0n) is 20.0. The zero-order valence-corrected chi connectivity index (χ0v) is 20.8. The van der Waals surface area contributed by atoms with Crippen LogP contribution in [0.25, 0.3) is 21.3 Å². The van der Waals surface area contributed by atoms with Gasteiger partial charge in [0, 0.05) is 36.9 Å². The number of nitrogens with one attached hydrogen (secondary N) is 2. The number of anilines is 2. The molecule has 2 aromatic carbocycles. The van der Waals surface area contributed by atoms with E-state index in [1.807, 2.05) is 26.2 Å². The van der Waals surface area contributed by atoms with Crippen molar-refractivity contribution in [1.29, 1.82) is 0 Å². The second-order valence-electron chi connectivity index (χ2n) is 9.45. The Labute approximate surface area is 206 Å². The van der Waals surface area contributed by atoms with E-state index in [2.05, 4.69) is 69.4 Å². The summed E-state index contributed by atoms with van der Waals surface area (Å²) in [5, 5.41) is 10.5. The molecular formula is C28H33N5S. The Kier molecular flexibility index (Phi) is 7.07. The Morgan fingerprint density at radius 3 is 2.44 bits per heavy atom. The largest absolute Gasteiger partial charge is 0.362 e. The van der Waals surface area contributed by atoms with Crippen molar-refractivity contribution < 1.29 is 0 Å². The fourth-order valence-electron chi connectivity index (χ4n) is 4.81. The number of hydrogen-bond donors (Lipinski definition) is 2. The summed E-state index contributed by atoms with van der Waals surface area (Å²) < 4.78 is 0. The van der Waals surface area contributed by atoms with Crippen molar-refractivity contribution in [2.24, 2.45) is 5.92 Å². The number of para-hydroxylation sites is 1. The molecule has 0 unspecified atom stereocenters. The molecule has 176 valence electrons. The molecule has 0 amide bonds. The van der Waals surface area contributed by atoms with E-state index in [9.17, 15) is 0 Å². The first-order chi connectivity index (χ1) is 16.7. The lowest BCUT2D eigenvalue weighted by molar-refractivity contribution is 0.324. The van der Waals surface area contributed by atoms with Crippen LogP contribution in [-0.2, 0) is 6.54 Å². The molecule has 1 aliphatic carbocycles. The van der Waals surface area contributed by atoms with Crippen molar-refractivity contribution >= 4 is 34.0 Å². The highest BCUT2D eigenvalue weighted by Crippen LogP contribution is 2.28. The number of benzene rings is 2. The quantitative estimate of drug-likeness (QED) is 0.321. The van der Waals surface area contributed by atoms with E-state index in [0.717, 1.165) is 54.5 Å². The number of rotatable bonds is 8. The monoisotopic (exact) mass is 471 g/mol. The van der Waals surface area contributed by atoms with Crippen LogP contribution in [0, 0.1) is 5.92 Å². The number of fused-ring (bicyclic) bond motifs is 1. The minimum absolute atomic E-state index is 0.442. The molecule has 2 N–H and O–H groups in total. The Morgan fingerprint density at radius 1 is 0.912 bits per heavy atom. The predicted molar refractivity (Wildman–Crippen MR) is 145 cm³/mol. The van der Waals surface area contributed by atoms with E-state index < -0.39 is 0 Å². The fourth-order valence-corrected chi connectivity index (χ4v) is 5.54. The third-order valence-corrected chi connectivity index (χ3v) is 7.63. The summed E-state index contributed by atoms with van der Waals surface area (Å²) in [7, 11) is 4.07. The molecule has 0 radical (unpaired) electrons. The molecule has 2 heterocycles. The average molecular weight is 472 g/mol. The SMILES string of the molecule is CN(C)c1nc(NC2CCC(CNCc3ccc(-c4cccs4)cc3)CC2)nc2ccccc12. The molecule has 2 aromatic heterocycles. The van der Waals surface area contributed by atoms with E-state index in [0.29, 0.717) is 6.04 Å². The Bertz CT molecular complexity index is 1200. The van der Waals surface area contributed by atoms with Gasteiger partial charge in [0.25, 0.3) is 0 Å². The van der Waals surface area contributed by atoms with Crippen LogP contribution >= 0.6 is 11.3 Å². The van der Waals surface area contributed by atoms with Gasteiger partial charge in [-0.2, -0.15) is 4.98 Å². The first-order valence-corrected chi connectivity index (χ1v) is 13.1. The van der Waals surface area contributed by atoms with E-state index in [1.54, 1.807) is 11.3 Å². The lowest BCUT2D eigenvalue weighted by Gasteiger charge is -2.29. The molecule has 0 spiro atoms. The molecular weight excluding hydrogens is 438 g/mol. The van der Waals surface area contributed by atoms with Gasteiger partial charge >= 0.3 is 0 Å². The fraction of sp³-hybridized carbons (Fsp3) is 0.357. The van der Waals surface area contributed by atoms with Crippen molar-refractivity contribution in [1.82, 2.24) is 15.3 Å². The highest BCUT2D eigenvalue weighted by molar-refractivity contribution is 7.13. The molecule has 0 saturated heterocycles. The van der Waals surface area contributed by atoms with Gasteiger partial charge in [-0.25, -0.2) is 4.98 Å². The summed E-state index contributed by atoms with van der Waals surface area (Å²) in [6.45, 7) is 2.01. The molecule has 1 fully saturated rings. The second kappa shape index (κ2) is 10.5. The van der Waals surface area contributed by atoms with Gasteiger partial charge in [-0.3, -0.25) is 0 Å². The molecule has 6 heteroatoms. The van der Waals surface area contributed by atoms with Crippen LogP contribution in [0.1, 0.15) is 31.2 Å². The van der Waals surface area contributed by atoms with E-state index in [1.165, 1.54) is 28.8 Å². The minimum atomic E-state index is 0.442. The van der Waals surface area contributed by atoms with Gasteiger partial charge in [0.15, 0.2) is 0 Å². The maximum Gasteiger partial charge on any atom is 0.225 e. The number of thiophene rings is 1. The van der Waals surface area contributed by atoms with Crippen molar-refractivity contribution in [3.8, 4) is 10.4 Å². The van der Waals surface area contributed by atoms with Crippen LogP contribution < -0.4 is 15.5 Å². The third-order valence-electron chi connectivity index (χ3n) is 6.71. The summed E-state index contributed by atoms with van der Waals surface area (Å²) in [6, 6.07) is 21.9. The van der Waals surface area contributed by atoms with Crippen molar-refractivity contribution in [3.05, 3.63) is 71.6 Å². The molecule has 34 heavy (non-hydrogen) atoms. The normalized spacial score (nSPS) is 18.2. The zero-order chi connectivity index (χ0) is 23.3. The number of aromatic nitrogens is 2. The summed E-state index contributed by atoms with van der Waals surface area (Å²) in [4.78, 5) is 13.0. The van der Waals surface area contributed by atoms with Crippen LogP contribution in [0.3, 0.4) is 0 Å². The number of hydrogen-bond acceptors (Lipinski definition) is 6. The summed E-state index contributed by atoms with van der Waals surface area (Å²) in [5.74, 6) is 2.45. The Balaban J connectivity index is 1.10. The highest BCUT2D eigenvalue weighted by atomic mass is 32.1. The summed E-state index contributed by atoms with van der Waals surface area (Å²) in [6.07, 6.45) is 4.79. The van der Waals surface area contributed by atoms with E-state index >= 15 is 0 Å². The van der Waals surface area contributed by atoms with E-state index in [-0.39, 0.29) is 0 Å². The molecule has 5 nitrogen and oxygen atoms in total. The molecule has 0 bridgehead atoms. The summed E-state index contributed by atoms with van der Waals surface area (Å²) >= 11 is 1.79. The first kappa shape index (κ1) is 22.8. The summed E-state index contributed by atoms with van der Waals surface area (Å²) in [5.41, 5.74) is 3.64. The van der Waals surface area contributed by atoms with Crippen LogP contribution in [0.5, 0.6) is 0 Å². The standard InChI is InChI=1S/C28H33N5S/c1-33(2)27-24-6-3-4-7-25(24)31-28(32-27)30-23-15-11-21(12-16-23)19-29-18-20-9-13-22(14-10-20)26-8-5-17-34-26/h3-10,13-14,17,21,23,29H,11-12,15-16,18-19H2,1-2H3,(H,30,31,32). The average Bonchev–Trinajstić information content (AvgIpc) is 3.40. The third kappa shape index (κ3) is 5.40. The lowest BCUT2D eigenvalue weighted by Crippen LogP contribution is -2.31. The number of nitrogens with zero attached hydrogens (tertiary/aromatic N) is 3. The molecule has 1 saturated carbocycles.